The normalized spacial score (nSPS) is 26.4. The van der Waals surface area contributed by atoms with Crippen molar-refractivity contribution in [2.75, 3.05) is 19.6 Å². The minimum atomic E-state index is -0.544. The van der Waals surface area contributed by atoms with E-state index in [0.717, 1.165) is 26.1 Å². The fourth-order valence-corrected chi connectivity index (χ4v) is 4.12. The van der Waals surface area contributed by atoms with Crippen LogP contribution in [0.15, 0.2) is 30.3 Å². The lowest BCUT2D eigenvalue weighted by Crippen LogP contribution is -2.56. The average molecular weight is 388 g/mol. The summed E-state index contributed by atoms with van der Waals surface area (Å²) in [5.41, 5.74) is 0.690. The number of amides is 2. The van der Waals surface area contributed by atoms with Crippen LogP contribution in [0, 0.1) is 5.92 Å². The quantitative estimate of drug-likeness (QED) is 0.863. The van der Waals surface area contributed by atoms with E-state index in [-0.39, 0.29) is 18.0 Å². The Bertz CT molecular complexity index is 686. The van der Waals surface area contributed by atoms with Gasteiger partial charge in [-0.15, -0.1) is 0 Å². The molecule has 0 saturated carbocycles. The van der Waals surface area contributed by atoms with Crippen molar-refractivity contribution in [3.63, 3.8) is 0 Å². The van der Waals surface area contributed by atoms with Gasteiger partial charge in [0.05, 0.1) is 12.1 Å². The summed E-state index contributed by atoms with van der Waals surface area (Å²) in [6.45, 7) is 10.8. The van der Waals surface area contributed by atoms with E-state index in [4.69, 9.17) is 4.74 Å². The van der Waals surface area contributed by atoms with Gasteiger partial charge in [-0.1, -0.05) is 37.3 Å². The van der Waals surface area contributed by atoms with Crippen LogP contribution in [-0.4, -0.2) is 59.1 Å². The molecule has 6 heteroatoms. The smallest absolute Gasteiger partial charge is 0.407 e. The second-order valence-corrected chi connectivity index (χ2v) is 9.19. The molecule has 2 saturated heterocycles. The lowest BCUT2D eigenvalue weighted by atomic mass is 9.97. The Balaban J connectivity index is 1.72. The third-order valence-electron chi connectivity index (χ3n) is 5.40. The number of piperidine rings is 1. The van der Waals surface area contributed by atoms with Crippen molar-refractivity contribution in [2.24, 2.45) is 5.92 Å². The molecule has 1 aromatic rings. The van der Waals surface area contributed by atoms with Gasteiger partial charge in [0.2, 0.25) is 5.91 Å². The van der Waals surface area contributed by atoms with E-state index in [2.05, 4.69) is 29.3 Å². The van der Waals surface area contributed by atoms with Crippen molar-refractivity contribution < 1.29 is 14.3 Å². The van der Waals surface area contributed by atoms with Crippen LogP contribution < -0.4 is 5.32 Å². The van der Waals surface area contributed by atoms with Crippen molar-refractivity contribution in [1.82, 2.24) is 15.1 Å². The Hall–Kier alpha value is -2.08. The molecule has 1 aromatic carbocycles. The minimum absolute atomic E-state index is 0.0218. The van der Waals surface area contributed by atoms with Gasteiger partial charge in [-0.2, -0.15) is 0 Å². The third kappa shape index (κ3) is 5.47. The van der Waals surface area contributed by atoms with E-state index < -0.39 is 11.7 Å². The summed E-state index contributed by atoms with van der Waals surface area (Å²) in [7, 11) is 0. The van der Waals surface area contributed by atoms with Crippen molar-refractivity contribution in [3.8, 4) is 0 Å². The highest BCUT2D eigenvalue weighted by molar-refractivity contribution is 5.77. The van der Waals surface area contributed by atoms with Crippen LogP contribution in [0.4, 0.5) is 4.79 Å². The van der Waals surface area contributed by atoms with Gasteiger partial charge < -0.3 is 15.0 Å². The molecule has 6 nitrogen and oxygen atoms in total. The first-order chi connectivity index (χ1) is 13.2. The lowest BCUT2D eigenvalue weighted by molar-refractivity contribution is -0.137. The molecule has 154 valence electrons. The van der Waals surface area contributed by atoms with Crippen LogP contribution in [0.3, 0.4) is 0 Å². The zero-order valence-corrected chi connectivity index (χ0v) is 17.5. The topological polar surface area (TPSA) is 61.9 Å². The maximum Gasteiger partial charge on any atom is 0.407 e. The Morgan fingerprint density at radius 3 is 2.57 bits per heavy atom. The lowest BCUT2D eigenvalue weighted by Gasteiger charge is -2.38. The van der Waals surface area contributed by atoms with Crippen LogP contribution in [0.1, 0.15) is 46.1 Å². The van der Waals surface area contributed by atoms with Gasteiger partial charge in [-0.3, -0.25) is 9.69 Å². The Labute approximate surface area is 168 Å². The number of benzene rings is 1. The number of likely N-dealkylation sites (tertiary alicyclic amines) is 2. The first-order valence-electron chi connectivity index (χ1n) is 10.3. The summed E-state index contributed by atoms with van der Waals surface area (Å²) in [6.07, 6.45) is 1.12. The van der Waals surface area contributed by atoms with Crippen LogP contribution in [0.2, 0.25) is 0 Å². The number of nitrogens with zero attached hydrogens (tertiary/aromatic N) is 2. The molecule has 0 aliphatic carbocycles. The molecule has 0 spiro atoms. The molecule has 2 fully saturated rings. The van der Waals surface area contributed by atoms with Gasteiger partial charge in [0.25, 0.3) is 0 Å². The first kappa shape index (κ1) is 20.6. The van der Waals surface area contributed by atoms with E-state index >= 15 is 0 Å². The highest BCUT2D eigenvalue weighted by Crippen LogP contribution is 2.25. The van der Waals surface area contributed by atoms with Crippen molar-refractivity contribution in [1.29, 1.82) is 0 Å². The standard InChI is InChI=1S/C22H33N3O3/c1-16-10-11-20(26)25(12-16)19-15-24(13-17-8-6-5-7-9-17)14-18(19)23-21(27)28-22(2,3)4/h5-9,16,18-19H,10-15H2,1-4H3,(H,23,27). The van der Waals surface area contributed by atoms with E-state index in [1.807, 2.05) is 43.9 Å². The van der Waals surface area contributed by atoms with Crippen molar-refractivity contribution >= 4 is 12.0 Å². The van der Waals surface area contributed by atoms with Crippen LogP contribution in [0.5, 0.6) is 0 Å². The number of carbonyl (C=O) groups excluding carboxylic acids is 2. The molecule has 3 unspecified atom stereocenters. The van der Waals surface area contributed by atoms with Gasteiger partial charge in [-0.05, 0) is 38.7 Å². The summed E-state index contributed by atoms with van der Waals surface area (Å²) in [5.74, 6) is 0.684. The summed E-state index contributed by atoms with van der Waals surface area (Å²) >= 11 is 0. The highest BCUT2D eigenvalue weighted by Gasteiger charge is 2.41. The minimum Gasteiger partial charge on any atom is -0.444 e. The number of nitrogens with one attached hydrogen (secondary N) is 1. The fourth-order valence-electron chi connectivity index (χ4n) is 4.12. The van der Waals surface area contributed by atoms with E-state index in [9.17, 15) is 9.59 Å². The van der Waals surface area contributed by atoms with Crippen LogP contribution >= 0.6 is 0 Å². The summed E-state index contributed by atoms with van der Waals surface area (Å²) in [4.78, 5) is 29.3. The molecule has 0 bridgehead atoms. The third-order valence-corrected chi connectivity index (χ3v) is 5.40. The summed E-state index contributed by atoms with van der Waals surface area (Å²) in [6, 6.07) is 10.1. The molecule has 2 amide bonds. The molecule has 0 radical (unpaired) electrons. The Kier molecular flexibility index (Phi) is 6.28. The van der Waals surface area contributed by atoms with Gasteiger partial charge >= 0.3 is 6.09 Å². The first-order valence-corrected chi connectivity index (χ1v) is 10.3. The number of alkyl carbamates (subject to hydrolysis) is 1. The highest BCUT2D eigenvalue weighted by atomic mass is 16.6. The summed E-state index contributed by atoms with van der Waals surface area (Å²) < 4.78 is 5.46. The number of carbonyl (C=O) groups is 2. The molecule has 2 heterocycles. The maximum absolute atomic E-state index is 12.6. The van der Waals surface area contributed by atoms with Gasteiger partial charge in [0.15, 0.2) is 0 Å². The molecule has 2 aliphatic rings. The van der Waals surface area contributed by atoms with Crippen LogP contribution in [-0.2, 0) is 16.1 Å². The fraction of sp³-hybridized carbons (Fsp3) is 0.636. The molecule has 1 N–H and O–H groups in total. The second-order valence-electron chi connectivity index (χ2n) is 9.19. The number of hydrogen-bond donors (Lipinski definition) is 1. The molecule has 2 aliphatic heterocycles. The molecule has 3 atom stereocenters. The molecular weight excluding hydrogens is 354 g/mol. The van der Waals surface area contributed by atoms with E-state index in [0.29, 0.717) is 18.9 Å². The zero-order valence-electron chi connectivity index (χ0n) is 17.5. The van der Waals surface area contributed by atoms with E-state index in [1.54, 1.807) is 0 Å². The average Bonchev–Trinajstić information content (AvgIpc) is 2.98. The van der Waals surface area contributed by atoms with Gasteiger partial charge in [0, 0.05) is 32.6 Å². The van der Waals surface area contributed by atoms with Gasteiger partial charge in [0.1, 0.15) is 5.60 Å². The molecule has 0 aromatic heterocycles. The van der Waals surface area contributed by atoms with Crippen molar-refractivity contribution in [3.05, 3.63) is 35.9 Å². The number of hydrogen-bond acceptors (Lipinski definition) is 4. The van der Waals surface area contributed by atoms with E-state index in [1.165, 1.54) is 5.56 Å². The number of rotatable bonds is 4. The summed E-state index contributed by atoms with van der Waals surface area (Å²) in [5, 5.41) is 3.04. The van der Waals surface area contributed by atoms with Crippen molar-refractivity contribution in [2.45, 2.75) is 64.8 Å². The molecular formula is C22H33N3O3. The monoisotopic (exact) mass is 387 g/mol. The molecule has 28 heavy (non-hydrogen) atoms. The van der Waals surface area contributed by atoms with Gasteiger partial charge in [-0.25, -0.2) is 4.79 Å². The molecule has 3 rings (SSSR count). The predicted octanol–water partition coefficient (Wildman–Crippen LogP) is 3.02. The van der Waals surface area contributed by atoms with Crippen LogP contribution in [0.25, 0.3) is 0 Å². The Morgan fingerprint density at radius 2 is 1.89 bits per heavy atom. The SMILES string of the molecule is CC1CCC(=O)N(C2CN(Cc3ccccc3)CC2NC(=O)OC(C)(C)C)C1. The second kappa shape index (κ2) is 8.52. The Morgan fingerprint density at radius 1 is 1.18 bits per heavy atom. The predicted molar refractivity (Wildman–Crippen MR) is 109 cm³/mol. The number of ether oxygens (including phenoxy) is 1. The maximum atomic E-state index is 12.6. The largest absolute Gasteiger partial charge is 0.444 e. The zero-order chi connectivity index (χ0) is 20.3.